The first kappa shape index (κ1) is 18.8. The second-order valence-corrected chi connectivity index (χ2v) is 7.79. The average molecular weight is 390 g/mol. The Kier molecular flexibility index (Phi) is 5.03. The zero-order chi connectivity index (χ0) is 19.8. The Hall–Kier alpha value is -2.51. The van der Waals surface area contributed by atoms with Crippen LogP contribution in [0.1, 0.15) is 42.3 Å². The van der Waals surface area contributed by atoms with Crippen molar-refractivity contribution in [2.24, 2.45) is 5.92 Å². The van der Waals surface area contributed by atoms with Crippen molar-refractivity contribution in [2.45, 2.75) is 51.6 Å². The molecule has 28 heavy (non-hydrogen) atoms. The molecule has 0 unspecified atom stereocenters. The Balaban J connectivity index is 1.57. The molecule has 150 valence electrons. The zero-order valence-corrected chi connectivity index (χ0v) is 15.9. The van der Waals surface area contributed by atoms with Gasteiger partial charge in [-0.15, -0.1) is 0 Å². The van der Waals surface area contributed by atoms with Crippen molar-refractivity contribution < 1.29 is 13.6 Å². The molecule has 2 aliphatic rings. The van der Waals surface area contributed by atoms with Crippen LogP contribution in [0.5, 0.6) is 0 Å². The third-order valence-electron chi connectivity index (χ3n) is 5.76. The summed E-state index contributed by atoms with van der Waals surface area (Å²) in [6, 6.07) is 7.24. The molecule has 2 aromatic rings. The molecule has 0 radical (unpaired) electrons. The van der Waals surface area contributed by atoms with Gasteiger partial charge in [0.05, 0.1) is 6.54 Å². The van der Waals surface area contributed by atoms with E-state index in [9.17, 15) is 18.4 Å². The summed E-state index contributed by atoms with van der Waals surface area (Å²) in [6.45, 7) is 2.73. The van der Waals surface area contributed by atoms with Crippen molar-refractivity contribution in [1.82, 2.24) is 19.2 Å². The Labute approximate surface area is 161 Å². The number of halogens is 2. The van der Waals surface area contributed by atoms with Gasteiger partial charge in [0.25, 0.3) is 0 Å². The van der Waals surface area contributed by atoms with E-state index >= 15 is 0 Å². The monoisotopic (exact) mass is 390 g/mol. The number of aromatic nitrogens is 3. The van der Waals surface area contributed by atoms with E-state index in [0.29, 0.717) is 38.2 Å². The highest BCUT2D eigenvalue weighted by Crippen LogP contribution is 2.29. The molecule has 1 aromatic heterocycles. The van der Waals surface area contributed by atoms with Gasteiger partial charge in [-0.1, -0.05) is 29.8 Å². The molecule has 1 saturated heterocycles. The number of alkyl halides is 2. The van der Waals surface area contributed by atoms with Gasteiger partial charge in [0.1, 0.15) is 11.9 Å². The normalized spacial score (nSPS) is 21.9. The predicted octanol–water partition coefficient (Wildman–Crippen LogP) is 2.39. The standard InChI is InChI=1S/C20H24F2N4O2/c1-13-5-7-14(8-6-13)11-25-20(28)26-16(3-2-4-17(26)23-25)19(27)24-10-9-15(12-24)18(21)22/h5-8,15-16,18H,2-4,9-12H2,1H3/t15-,16-/m0/s1. The second kappa shape index (κ2) is 7.48. The molecule has 1 aromatic carbocycles. The molecule has 3 heterocycles. The highest BCUT2D eigenvalue weighted by Gasteiger charge is 2.38. The maximum absolute atomic E-state index is 13.0. The molecule has 4 rings (SSSR count). The van der Waals surface area contributed by atoms with Gasteiger partial charge >= 0.3 is 5.69 Å². The second-order valence-electron chi connectivity index (χ2n) is 7.79. The summed E-state index contributed by atoms with van der Waals surface area (Å²) in [7, 11) is 0. The molecule has 0 aliphatic carbocycles. The van der Waals surface area contributed by atoms with Crippen molar-refractivity contribution in [3.8, 4) is 0 Å². The Bertz CT molecular complexity index is 919. The van der Waals surface area contributed by atoms with Crippen LogP contribution in [0.2, 0.25) is 0 Å². The summed E-state index contributed by atoms with van der Waals surface area (Å²) in [5.74, 6) is -0.402. The van der Waals surface area contributed by atoms with Gasteiger partial charge < -0.3 is 4.90 Å². The number of hydrogen-bond acceptors (Lipinski definition) is 3. The summed E-state index contributed by atoms with van der Waals surface area (Å²) >= 11 is 0. The molecule has 0 spiro atoms. The van der Waals surface area contributed by atoms with Gasteiger partial charge in [-0.2, -0.15) is 5.10 Å². The van der Waals surface area contributed by atoms with Gasteiger partial charge in [-0.05, 0) is 31.7 Å². The van der Waals surface area contributed by atoms with Crippen molar-refractivity contribution >= 4 is 5.91 Å². The van der Waals surface area contributed by atoms with Crippen molar-refractivity contribution in [2.75, 3.05) is 13.1 Å². The number of likely N-dealkylation sites (tertiary alicyclic amines) is 1. The van der Waals surface area contributed by atoms with Gasteiger partial charge in [-0.25, -0.2) is 18.3 Å². The lowest BCUT2D eigenvalue weighted by atomic mass is 10.0. The number of carbonyl (C=O) groups is 1. The minimum Gasteiger partial charge on any atom is -0.340 e. The van der Waals surface area contributed by atoms with E-state index < -0.39 is 18.4 Å². The summed E-state index contributed by atoms with van der Waals surface area (Å²) in [4.78, 5) is 27.4. The van der Waals surface area contributed by atoms with Gasteiger partial charge in [0, 0.05) is 25.4 Å². The van der Waals surface area contributed by atoms with Crippen LogP contribution in [0.25, 0.3) is 0 Å². The first-order valence-electron chi connectivity index (χ1n) is 9.74. The van der Waals surface area contributed by atoms with E-state index in [-0.39, 0.29) is 18.1 Å². The van der Waals surface area contributed by atoms with Crippen LogP contribution in [0, 0.1) is 12.8 Å². The molecule has 6 nitrogen and oxygen atoms in total. The minimum absolute atomic E-state index is 0.0641. The van der Waals surface area contributed by atoms with Crippen LogP contribution >= 0.6 is 0 Å². The zero-order valence-electron chi connectivity index (χ0n) is 15.9. The fourth-order valence-electron chi connectivity index (χ4n) is 4.14. The molecule has 1 fully saturated rings. The lowest BCUT2D eigenvalue weighted by molar-refractivity contribution is -0.134. The third kappa shape index (κ3) is 3.47. The van der Waals surface area contributed by atoms with Gasteiger partial charge in [0.15, 0.2) is 0 Å². The van der Waals surface area contributed by atoms with Crippen molar-refractivity contribution in [1.29, 1.82) is 0 Å². The van der Waals surface area contributed by atoms with Gasteiger partial charge in [0.2, 0.25) is 12.3 Å². The lowest BCUT2D eigenvalue weighted by Gasteiger charge is -2.27. The maximum atomic E-state index is 13.0. The number of amides is 1. The number of carbonyl (C=O) groups excluding carboxylic acids is 1. The van der Waals surface area contributed by atoms with E-state index in [2.05, 4.69) is 5.10 Å². The molecule has 0 bridgehead atoms. The lowest BCUT2D eigenvalue weighted by Crippen LogP contribution is -2.42. The fraction of sp³-hybridized carbons (Fsp3) is 0.550. The van der Waals surface area contributed by atoms with Crippen molar-refractivity contribution in [3.05, 3.63) is 51.7 Å². The number of benzene rings is 1. The molecular formula is C20H24F2N4O2. The van der Waals surface area contributed by atoms with E-state index in [4.69, 9.17) is 0 Å². The number of rotatable bonds is 4. The molecule has 0 saturated carbocycles. The largest absolute Gasteiger partial charge is 0.346 e. The predicted molar refractivity (Wildman–Crippen MR) is 99.4 cm³/mol. The highest BCUT2D eigenvalue weighted by molar-refractivity contribution is 5.81. The molecule has 8 heteroatoms. The summed E-state index contributed by atoms with van der Waals surface area (Å²) in [6.07, 6.45) is -0.175. The average Bonchev–Trinajstić information content (AvgIpc) is 3.29. The molecular weight excluding hydrogens is 366 g/mol. The maximum Gasteiger partial charge on any atom is 0.346 e. The fourth-order valence-corrected chi connectivity index (χ4v) is 4.14. The summed E-state index contributed by atoms with van der Waals surface area (Å²) in [5, 5.41) is 4.45. The Morgan fingerprint density at radius 1 is 1.25 bits per heavy atom. The van der Waals surface area contributed by atoms with Gasteiger partial charge in [-0.3, -0.25) is 9.36 Å². The van der Waals surface area contributed by atoms with E-state index in [0.717, 1.165) is 17.5 Å². The molecule has 1 amide bonds. The summed E-state index contributed by atoms with van der Waals surface area (Å²) < 4.78 is 28.8. The smallest absolute Gasteiger partial charge is 0.340 e. The van der Waals surface area contributed by atoms with E-state index in [1.165, 1.54) is 14.1 Å². The molecule has 0 N–H and O–H groups in total. The van der Waals surface area contributed by atoms with Crippen molar-refractivity contribution in [3.63, 3.8) is 0 Å². The van der Waals surface area contributed by atoms with Crippen LogP contribution < -0.4 is 5.69 Å². The van der Waals surface area contributed by atoms with E-state index in [1.807, 2.05) is 31.2 Å². The number of aryl methyl sites for hydroxylation is 2. The number of hydrogen-bond donors (Lipinski definition) is 0. The topological polar surface area (TPSA) is 60.1 Å². The third-order valence-corrected chi connectivity index (χ3v) is 5.76. The molecule has 2 aliphatic heterocycles. The SMILES string of the molecule is Cc1ccc(Cn2nc3n(c2=O)[C@H](C(=O)N2CC[C@H](C(F)F)C2)CCC3)cc1. The Morgan fingerprint density at radius 2 is 2.00 bits per heavy atom. The summed E-state index contributed by atoms with van der Waals surface area (Å²) in [5.41, 5.74) is 1.79. The van der Waals surface area contributed by atoms with Crippen LogP contribution in [0.4, 0.5) is 8.78 Å². The van der Waals surface area contributed by atoms with E-state index in [1.54, 1.807) is 0 Å². The van der Waals surface area contributed by atoms with Crippen LogP contribution in [-0.2, 0) is 17.8 Å². The van der Waals surface area contributed by atoms with Crippen LogP contribution in [-0.4, -0.2) is 44.7 Å². The van der Waals surface area contributed by atoms with Crippen LogP contribution in [0.3, 0.4) is 0 Å². The first-order valence-corrected chi connectivity index (χ1v) is 9.74. The highest BCUT2D eigenvalue weighted by atomic mass is 19.3. The van der Waals surface area contributed by atoms with Crippen LogP contribution in [0.15, 0.2) is 29.1 Å². The molecule has 2 atom stereocenters. The quantitative estimate of drug-likeness (QED) is 0.806. The number of nitrogens with zero attached hydrogens (tertiary/aromatic N) is 4. The number of fused-ring (bicyclic) bond motifs is 1. The first-order chi connectivity index (χ1) is 13.4. The minimum atomic E-state index is -2.42. The Morgan fingerprint density at radius 3 is 2.68 bits per heavy atom.